The molecule has 4 fully saturated rings. The molecule has 3 aliphatic carbocycles. The van der Waals surface area contributed by atoms with Crippen LogP contribution in [-0.2, 0) is 38.0 Å². The van der Waals surface area contributed by atoms with Crippen molar-refractivity contribution in [3.63, 3.8) is 0 Å². The van der Waals surface area contributed by atoms with Crippen LogP contribution in [0.25, 0.3) is 0 Å². The molecule has 262 valence electrons. The third kappa shape index (κ3) is 5.02. The van der Waals surface area contributed by atoms with E-state index in [1.165, 1.54) is 13.0 Å². The number of rotatable bonds is 6. The fourth-order valence-electron chi connectivity index (χ4n) is 9.16. The van der Waals surface area contributed by atoms with E-state index in [-0.39, 0.29) is 31.6 Å². The molecule has 2 heterocycles. The molecule has 12 nitrogen and oxygen atoms in total. The molecular formula is C36H46O12. The maximum Gasteiger partial charge on any atom is 0.509 e. The number of hydrogen-bond donors (Lipinski definition) is 2. The zero-order valence-electron chi connectivity index (χ0n) is 28.5. The van der Waals surface area contributed by atoms with Gasteiger partial charge in [0, 0.05) is 30.6 Å². The van der Waals surface area contributed by atoms with Gasteiger partial charge in [-0.15, -0.1) is 0 Å². The summed E-state index contributed by atoms with van der Waals surface area (Å²) in [6.07, 6.45) is -5.88. The molecule has 0 unspecified atom stereocenters. The lowest BCUT2D eigenvalue weighted by molar-refractivity contribution is -0.362. The van der Waals surface area contributed by atoms with Crippen LogP contribution in [0.2, 0.25) is 0 Å². The van der Waals surface area contributed by atoms with Crippen molar-refractivity contribution in [1.82, 2.24) is 0 Å². The highest BCUT2D eigenvalue weighted by molar-refractivity contribution is 5.89. The van der Waals surface area contributed by atoms with Gasteiger partial charge in [0.1, 0.15) is 36.6 Å². The van der Waals surface area contributed by atoms with E-state index in [4.69, 9.17) is 33.2 Å². The zero-order valence-corrected chi connectivity index (χ0v) is 28.5. The summed E-state index contributed by atoms with van der Waals surface area (Å²) in [5.74, 6) is -3.59. The number of ether oxygens (including phenoxy) is 7. The normalized spacial score (nSPS) is 40.4. The summed E-state index contributed by atoms with van der Waals surface area (Å²) < 4.78 is 43.0. The lowest BCUT2D eigenvalue weighted by Gasteiger charge is -2.68. The van der Waals surface area contributed by atoms with Gasteiger partial charge >= 0.3 is 18.1 Å². The van der Waals surface area contributed by atoms with Crippen LogP contribution < -0.4 is 0 Å². The third-order valence-electron chi connectivity index (χ3n) is 11.5. The molecule has 2 aliphatic heterocycles. The minimum absolute atomic E-state index is 0.0721. The third-order valence-corrected chi connectivity index (χ3v) is 11.5. The highest BCUT2D eigenvalue weighted by Crippen LogP contribution is 2.67. The Morgan fingerprint density at radius 3 is 2.35 bits per heavy atom. The molecule has 0 aromatic heterocycles. The smallest absolute Gasteiger partial charge is 0.455 e. The van der Waals surface area contributed by atoms with Crippen LogP contribution >= 0.6 is 0 Å². The minimum atomic E-state index is -2.01. The van der Waals surface area contributed by atoms with Gasteiger partial charge in [-0.3, -0.25) is 4.79 Å². The maximum absolute atomic E-state index is 14.1. The van der Waals surface area contributed by atoms with Crippen molar-refractivity contribution >= 4 is 18.1 Å². The van der Waals surface area contributed by atoms with Crippen LogP contribution in [0.3, 0.4) is 0 Å². The molecule has 2 N–H and O–H groups in total. The molecule has 1 aromatic rings. The van der Waals surface area contributed by atoms with Crippen molar-refractivity contribution in [1.29, 1.82) is 0 Å². The Hall–Kier alpha value is -3.29. The first-order valence-electron chi connectivity index (χ1n) is 16.4. The fourth-order valence-corrected chi connectivity index (χ4v) is 9.16. The molecule has 12 heteroatoms. The van der Waals surface area contributed by atoms with Crippen molar-refractivity contribution in [2.75, 3.05) is 13.2 Å². The second-order valence-corrected chi connectivity index (χ2v) is 14.9. The van der Waals surface area contributed by atoms with Gasteiger partial charge in [0.25, 0.3) is 0 Å². The van der Waals surface area contributed by atoms with E-state index in [1.54, 1.807) is 51.1 Å². The van der Waals surface area contributed by atoms with Gasteiger partial charge in [-0.25, -0.2) is 9.59 Å². The van der Waals surface area contributed by atoms with E-state index in [0.717, 1.165) is 0 Å². The standard InChI is InChI=1S/C36H46O12/c1-9-15-42-31(40)44-22-17-36(41)29(45-30(39)21-13-11-10-12-14-21)27-34(8,23(38)16-24-35(27,18-43-24)46-20(3)37)28-26(47-33(6,7)48-28)25(19(22)2)32(36,4)5/h9-14,22-24,26-29,38,41H,1,15-18H2,2-8H3/t22-,23-,24+,26+,27-,28+,29-,34+,35-,36+/m0/s1. The van der Waals surface area contributed by atoms with Gasteiger partial charge in [-0.05, 0) is 44.1 Å². The molecule has 0 spiro atoms. The van der Waals surface area contributed by atoms with Crippen molar-refractivity contribution < 1.29 is 57.8 Å². The van der Waals surface area contributed by atoms with Crippen LogP contribution in [0.15, 0.2) is 54.1 Å². The van der Waals surface area contributed by atoms with E-state index in [0.29, 0.717) is 11.1 Å². The number of esters is 2. The first-order chi connectivity index (χ1) is 22.4. The topological polar surface area (TPSA) is 156 Å². The Morgan fingerprint density at radius 1 is 1.06 bits per heavy atom. The molecule has 0 radical (unpaired) electrons. The lowest BCUT2D eigenvalue weighted by Crippen LogP contribution is -2.82. The summed E-state index contributed by atoms with van der Waals surface area (Å²) in [5.41, 5.74) is -4.59. The van der Waals surface area contributed by atoms with Gasteiger partial charge in [0.15, 0.2) is 11.4 Å². The van der Waals surface area contributed by atoms with Gasteiger partial charge in [-0.1, -0.05) is 51.6 Å². The summed E-state index contributed by atoms with van der Waals surface area (Å²) in [7, 11) is 0. The van der Waals surface area contributed by atoms with Crippen molar-refractivity contribution in [3.8, 4) is 0 Å². The van der Waals surface area contributed by atoms with Gasteiger partial charge < -0.3 is 43.4 Å². The number of carbonyl (C=O) groups is 3. The predicted octanol–water partition coefficient (Wildman–Crippen LogP) is 4.02. The van der Waals surface area contributed by atoms with Crippen LogP contribution in [0, 0.1) is 16.7 Å². The Labute approximate surface area is 280 Å². The fraction of sp³-hybridized carbons (Fsp3) is 0.639. The number of fused-ring (bicyclic) bond motifs is 8. The number of benzene rings is 1. The van der Waals surface area contributed by atoms with E-state index in [2.05, 4.69) is 6.58 Å². The van der Waals surface area contributed by atoms with Crippen LogP contribution in [-0.4, -0.2) is 95.1 Å². The van der Waals surface area contributed by atoms with E-state index >= 15 is 0 Å². The molecule has 2 saturated carbocycles. The highest BCUT2D eigenvalue weighted by Gasteiger charge is 2.79. The monoisotopic (exact) mass is 670 g/mol. The summed E-state index contributed by atoms with van der Waals surface area (Å²) in [6.45, 7) is 15.5. The molecule has 10 atom stereocenters. The average molecular weight is 671 g/mol. The summed E-state index contributed by atoms with van der Waals surface area (Å²) in [4.78, 5) is 39.8. The average Bonchev–Trinajstić information content (AvgIpc) is 3.33. The van der Waals surface area contributed by atoms with E-state index in [1.807, 2.05) is 20.8 Å². The Balaban J connectivity index is 1.64. The quantitative estimate of drug-likeness (QED) is 0.255. The predicted molar refractivity (Wildman–Crippen MR) is 168 cm³/mol. The van der Waals surface area contributed by atoms with Gasteiger partial charge in [0.05, 0.1) is 30.3 Å². The SMILES string of the molecule is C=CCOC(=O)O[C@H]1C[C@@]2(O)[C@@H](OC(=O)c3ccccc3)[C@@H]3[C@]4(OC(C)=O)CO[C@@H]4C[C@H](O)[C@@]3(C)[C@@H]3OC(C)(C)O[C@@H]3C(=C1C)C2(C)C. The maximum atomic E-state index is 14.1. The Morgan fingerprint density at radius 2 is 1.75 bits per heavy atom. The number of aliphatic hydroxyl groups is 2. The second kappa shape index (κ2) is 11.7. The van der Waals surface area contributed by atoms with E-state index in [9.17, 15) is 24.6 Å². The zero-order chi connectivity index (χ0) is 35.0. The van der Waals surface area contributed by atoms with Gasteiger partial charge in [0.2, 0.25) is 0 Å². The number of carbonyl (C=O) groups excluding carboxylic acids is 3. The molecule has 6 rings (SSSR count). The molecule has 5 aliphatic rings. The largest absolute Gasteiger partial charge is 0.509 e. The van der Waals surface area contributed by atoms with Crippen LogP contribution in [0.1, 0.15) is 71.7 Å². The van der Waals surface area contributed by atoms with Gasteiger partial charge in [-0.2, -0.15) is 0 Å². The Bertz CT molecular complexity index is 1520. The van der Waals surface area contributed by atoms with Crippen LogP contribution in [0.5, 0.6) is 0 Å². The Kier molecular flexibility index (Phi) is 8.39. The van der Waals surface area contributed by atoms with E-state index < -0.39 is 88.5 Å². The first-order valence-corrected chi connectivity index (χ1v) is 16.4. The van der Waals surface area contributed by atoms with Crippen molar-refractivity contribution in [2.45, 2.75) is 115 Å². The minimum Gasteiger partial charge on any atom is -0.455 e. The summed E-state index contributed by atoms with van der Waals surface area (Å²) >= 11 is 0. The molecule has 48 heavy (non-hydrogen) atoms. The molecule has 0 amide bonds. The lowest BCUT2D eigenvalue weighted by atomic mass is 9.44. The first kappa shape index (κ1) is 34.6. The second-order valence-electron chi connectivity index (χ2n) is 14.9. The highest BCUT2D eigenvalue weighted by atomic mass is 16.8. The summed E-state index contributed by atoms with van der Waals surface area (Å²) in [6, 6.07) is 8.33. The van der Waals surface area contributed by atoms with Crippen molar-refractivity contribution in [2.24, 2.45) is 16.7 Å². The molecular weight excluding hydrogens is 624 g/mol. The molecule has 2 saturated heterocycles. The van der Waals surface area contributed by atoms with Crippen molar-refractivity contribution in [3.05, 3.63) is 59.7 Å². The van der Waals surface area contributed by atoms with Crippen LogP contribution in [0.4, 0.5) is 4.79 Å². The number of hydrogen-bond acceptors (Lipinski definition) is 12. The summed E-state index contributed by atoms with van der Waals surface area (Å²) in [5, 5.41) is 25.6. The number of aliphatic hydroxyl groups excluding tert-OH is 1. The molecule has 1 aromatic carbocycles. The molecule has 2 bridgehead atoms.